The molecule has 0 unspecified atom stereocenters. The van der Waals surface area contributed by atoms with Crippen molar-refractivity contribution in [3.05, 3.63) is 63.4 Å². The van der Waals surface area contributed by atoms with Crippen molar-refractivity contribution in [2.75, 3.05) is 6.54 Å². The molecule has 0 fully saturated rings. The molecule has 2 N–H and O–H groups in total. The summed E-state index contributed by atoms with van der Waals surface area (Å²) in [6, 6.07) is 9.68. The first-order chi connectivity index (χ1) is 12.7. The van der Waals surface area contributed by atoms with Crippen molar-refractivity contribution in [1.82, 2.24) is 10.7 Å². The summed E-state index contributed by atoms with van der Waals surface area (Å²) in [7, 11) is 0. The van der Waals surface area contributed by atoms with E-state index in [9.17, 15) is 19.7 Å². The second-order valence-corrected chi connectivity index (χ2v) is 6.74. The van der Waals surface area contributed by atoms with Gasteiger partial charge in [0.2, 0.25) is 0 Å². The highest BCUT2D eigenvalue weighted by Crippen LogP contribution is 2.22. The first-order valence-electron chi connectivity index (χ1n) is 8.11. The Hall–Kier alpha value is -3.49. The molecular weight excluding hydrogens is 352 g/mol. The summed E-state index contributed by atoms with van der Waals surface area (Å²) in [5.41, 5.74) is 3.73. The molecule has 0 saturated heterocycles. The van der Waals surface area contributed by atoms with E-state index in [1.54, 1.807) is 12.1 Å². The predicted octanol–water partition coefficient (Wildman–Crippen LogP) is 2.37. The zero-order valence-corrected chi connectivity index (χ0v) is 15.2. The molecule has 9 heteroatoms. The normalized spacial score (nSPS) is 11.4. The quantitative estimate of drug-likeness (QED) is 0.457. The molecule has 0 bridgehead atoms. The fraction of sp³-hybridized carbons (Fsp3) is 0.278. The number of hydrazone groups is 1. The van der Waals surface area contributed by atoms with Crippen molar-refractivity contribution in [3.8, 4) is 0 Å². The molecule has 2 aromatic rings. The van der Waals surface area contributed by atoms with Crippen LogP contribution in [0.4, 0.5) is 5.88 Å². The van der Waals surface area contributed by atoms with Gasteiger partial charge in [-0.15, -0.1) is 0 Å². The maximum Gasteiger partial charge on any atom is 0.433 e. The molecule has 0 radical (unpaired) electrons. The van der Waals surface area contributed by atoms with Gasteiger partial charge in [-0.3, -0.25) is 19.7 Å². The first-order valence-corrected chi connectivity index (χ1v) is 8.11. The number of hydrogen-bond donors (Lipinski definition) is 2. The Morgan fingerprint density at radius 3 is 2.41 bits per heavy atom. The van der Waals surface area contributed by atoms with Gasteiger partial charge in [0.05, 0.1) is 18.8 Å². The number of benzene rings is 1. The smallest absolute Gasteiger partial charge is 0.400 e. The van der Waals surface area contributed by atoms with Gasteiger partial charge in [0, 0.05) is 5.56 Å². The summed E-state index contributed by atoms with van der Waals surface area (Å²) in [5.74, 6) is -1.24. The van der Waals surface area contributed by atoms with Gasteiger partial charge in [0.25, 0.3) is 11.8 Å². The molecule has 1 heterocycles. The van der Waals surface area contributed by atoms with E-state index in [-0.39, 0.29) is 23.6 Å². The Morgan fingerprint density at radius 2 is 1.85 bits per heavy atom. The third-order valence-corrected chi connectivity index (χ3v) is 3.60. The SMILES string of the molecule is CC(C)(C)c1ccc(C(=O)NCC(=O)N/N=C/c2ccc([N+](=O)[O-])o2)cc1. The van der Waals surface area contributed by atoms with Crippen molar-refractivity contribution in [2.24, 2.45) is 5.10 Å². The van der Waals surface area contributed by atoms with Crippen LogP contribution in [0.2, 0.25) is 0 Å². The average molecular weight is 372 g/mol. The van der Waals surface area contributed by atoms with Gasteiger partial charge in [-0.25, -0.2) is 5.43 Å². The van der Waals surface area contributed by atoms with Crippen LogP contribution in [0.3, 0.4) is 0 Å². The van der Waals surface area contributed by atoms with Crippen LogP contribution in [0.15, 0.2) is 45.9 Å². The fourth-order valence-electron chi connectivity index (χ4n) is 2.10. The number of nitrogens with zero attached hydrogens (tertiary/aromatic N) is 2. The highest BCUT2D eigenvalue weighted by molar-refractivity contribution is 5.96. The van der Waals surface area contributed by atoms with E-state index in [0.29, 0.717) is 5.56 Å². The van der Waals surface area contributed by atoms with Crippen molar-refractivity contribution in [2.45, 2.75) is 26.2 Å². The zero-order valence-electron chi connectivity index (χ0n) is 15.2. The van der Waals surface area contributed by atoms with Crippen molar-refractivity contribution < 1.29 is 18.9 Å². The maximum atomic E-state index is 12.1. The van der Waals surface area contributed by atoms with Gasteiger partial charge in [-0.05, 0) is 29.2 Å². The van der Waals surface area contributed by atoms with Gasteiger partial charge < -0.3 is 9.73 Å². The molecule has 2 rings (SSSR count). The number of rotatable bonds is 6. The standard InChI is InChI=1S/C18H20N4O5/c1-18(2,3)13-6-4-12(5-7-13)17(24)19-11-15(23)21-20-10-14-8-9-16(27-14)22(25)26/h4-10H,11H2,1-3H3,(H,19,24)(H,21,23)/b20-10+. The van der Waals surface area contributed by atoms with Crippen LogP contribution in [0, 0.1) is 10.1 Å². The zero-order chi connectivity index (χ0) is 20.0. The maximum absolute atomic E-state index is 12.1. The highest BCUT2D eigenvalue weighted by atomic mass is 16.6. The van der Waals surface area contributed by atoms with Crippen LogP contribution in [-0.4, -0.2) is 29.5 Å². The molecule has 27 heavy (non-hydrogen) atoms. The summed E-state index contributed by atoms with van der Waals surface area (Å²) in [6.07, 6.45) is 1.12. The summed E-state index contributed by atoms with van der Waals surface area (Å²) < 4.78 is 4.85. The van der Waals surface area contributed by atoms with E-state index in [1.807, 2.05) is 12.1 Å². The first kappa shape index (κ1) is 19.8. The van der Waals surface area contributed by atoms with Crippen LogP contribution < -0.4 is 10.7 Å². The summed E-state index contributed by atoms with van der Waals surface area (Å²) in [4.78, 5) is 33.6. The van der Waals surface area contributed by atoms with Crippen molar-refractivity contribution in [3.63, 3.8) is 0 Å². The largest absolute Gasteiger partial charge is 0.433 e. The van der Waals surface area contributed by atoms with E-state index >= 15 is 0 Å². The van der Waals surface area contributed by atoms with E-state index in [0.717, 1.165) is 11.8 Å². The van der Waals surface area contributed by atoms with Crippen LogP contribution in [0.1, 0.15) is 42.5 Å². The van der Waals surface area contributed by atoms with E-state index in [2.05, 4.69) is 36.6 Å². The minimum absolute atomic E-state index is 0.0126. The number of carbonyl (C=O) groups excluding carboxylic acids is 2. The lowest BCUT2D eigenvalue weighted by atomic mass is 9.87. The minimum Gasteiger partial charge on any atom is -0.400 e. The Morgan fingerprint density at radius 1 is 1.19 bits per heavy atom. The van der Waals surface area contributed by atoms with Crippen molar-refractivity contribution >= 4 is 23.9 Å². The molecular formula is C18H20N4O5. The second kappa shape index (κ2) is 8.26. The highest BCUT2D eigenvalue weighted by Gasteiger charge is 2.14. The van der Waals surface area contributed by atoms with Gasteiger partial charge in [-0.1, -0.05) is 32.9 Å². The number of nitro groups is 1. The van der Waals surface area contributed by atoms with E-state index < -0.39 is 16.7 Å². The molecule has 1 aromatic carbocycles. The van der Waals surface area contributed by atoms with E-state index in [1.165, 1.54) is 12.1 Å². The molecule has 0 aliphatic rings. The van der Waals surface area contributed by atoms with Crippen LogP contribution in [-0.2, 0) is 10.2 Å². The van der Waals surface area contributed by atoms with Gasteiger partial charge >= 0.3 is 5.88 Å². The Kier molecular flexibility index (Phi) is 6.07. The number of hydrogen-bond acceptors (Lipinski definition) is 6. The van der Waals surface area contributed by atoms with Gasteiger partial charge in [0.1, 0.15) is 4.92 Å². The third kappa shape index (κ3) is 5.77. The number of amides is 2. The number of furan rings is 1. The van der Waals surface area contributed by atoms with Crippen LogP contribution in [0.25, 0.3) is 0 Å². The molecule has 0 atom stereocenters. The topological polar surface area (TPSA) is 127 Å². The average Bonchev–Trinajstić information content (AvgIpc) is 3.08. The van der Waals surface area contributed by atoms with Crippen molar-refractivity contribution in [1.29, 1.82) is 0 Å². The summed E-state index contributed by atoms with van der Waals surface area (Å²) in [5, 5.41) is 16.6. The Bertz CT molecular complexity index is 863. The Labute approximate surface area is 155 Å². The summed E-state index contributed by atoms with van der Waals surface area (Å²) in [6.45, 7) is 5.96. The minimum atomic E-state index is -0.681. The number of carbonyl (C=O) groups is 2. The lowest BCUT2D eigenvalue weighted by Gasteiger charge is -2.19. The fourth-order valence-corrected chi connectivity index (χ4v) is 2.10. The number of nitrogens with one attached hydrogen (secondary N) is 2. The Balaban J connectivity index is 1.81. The van der Waals surface area contributed by atoms with E-state index in [4.69, 9.17) is 4.42 Å². The molecule has 0 aliphatic carbocycles. The lowest BCUT2D eigenvalue weighted by Crippen LogP contribution is -2.34. The summed E-state index contributed by atoms with van der Waals surface area (Å²) >= 11 is 0. The monoisotopic (exact) mass is 372 g/mol. The van der Waals surface area contributed by atoms with Crippen LogP contribution in [0.5, 0.6) is 0 Å². The van der Waals surface area contributed by atoms with Gasteiger partial charge in [0.15, 0.2) is 5.76 Å². The van der Waals surface area contributed by atoms with Gasteiger partial charge in [-0.2, -0.15) is 5.10 Å². The molecule has 142 valence electrons. The molecule has 0 aliphatic heterocycles. The second-order valence-electron chi connectivity index (χ2n) is 6.74. The van der Waals surface area contributed by atoms with Crippen LogP contribution >= 0.6 is 0 Å². The third-order valence-electron chi connectivity index (χ3n) is 3.60. The predicted molar refractivity (Wildman–Crippen MR) is 98.6 cm³/mol. The molecule has 0 saturated carbocycles. The molecule has 9 nitrogen and oxygen atoms in total. The lowest BCUT2D eigenvalue weighted by molar-refractivity contribution is -0.402. The molecule has 2 amide bonds. The molecule has 1 aromatic heterocycles. The molecule has 0 spiro atoms.